The van der Waals surface area contributed by atoms with E-state index >= 15 is 0 Å². The van der Waals surface area contributed by atoms with Crippen molar-refractivity contribution in [2.24, 2.45) is 5.41 Å². The van der Waals surface area contributed by atoms with Gasteiger partial charge in [-0.2, -0.15) is 0 Å². The number of benzene rings is 1. The molecular formula is C16H21ClN2O. The second kappa shape index (κ2) is 6.42. The average Bonchev–Trinajstić information content (AvgIpc) is 2.49. The molecule has 1 heterocycles. The Hall–Kier alpha value is -1.32. The molecule has 2 rings (SSSR count). The van der Waals surface area contributed by atoms with Gasteiger partial charge in [0, 0.05) is 28.6 Å². The Morgan fingerprint density at radius 3 is 2.70 bits per heavy atom. The van der Waals surface area contributed by atoms with Gasteiger partial charge in [-0.05, 0) is 31.0 Å². The van der Waals surface area contributed by atoms with Crippen LogP contribution in [0, 0.1) is 5.41 Å². The maximum Gasteiger partial charge on any atom is 0.0934 e. The van der Waals surface area contributed by atoms with Gasteiger partial charge in [-0.25, -0.2) is 0 Å². The fourth-order valence-corrected chi connectivity index (χ4v) is 2.58. The summed E-state index contributed by atoms with van der Waals surface area (Å²) in [6, 6.07) is 7.70. The minimum atomic E-state index is -0.0938. The van der Waals surface area contributed by atoms with Gasteiger partial charge >= 0.3 is 0 Å². The first kappa shape index (κ1) is 15.1. The fraction of sp³-hybridized carbons (Fsp3) is 0.438. The molecule has 0 saturated heterocycles. The first-order valence-electron chi connectivity index (χ1n) is 7.03. The Bertz CT molecular complexity index is 573. The topological polar surface area (TPSA) is 45.1 Å². The molecule has 2 aromatic rings. The van der Waals surface area contributed by atoms with E-state index in [4.69, 9.17) is 11.6 Å². The summed E-state index contributed by atoms with van der Waals surface area (Å²) in [6.45, 7) is 5.10. The number of hydrogen-bond acceptors (Lipinski definition) is 3. The molecule has 0 fully saturated rings. The highest BCUT2D eigenvalue weighted by Crippen LogP contribution is 2.30. The van der Waals surface area contributed by atoms with Crippen molar-refractivity contribution >= 4 is 28.2 Å². The molecule has 0 spiro atoms. The van der Waals surface area contributed by atoms with Gasteiger partial charge in [0.25, 0.3) is 0 Å². The molecular weight excluding hydrogens is 272 g/mol. The van der Waals surface area contributed by atoms with Crippen LogP contribution in [0.25, 0.3) is 10.9 Å². The van der Waals surface area contributed by atoms with E-state index in [9.17, 15) is 5.11 Å². The third kappa shape index (κ3) is 3.05. The number of anilines is 1. The lowest BCUT2D eigenvalue weighted by molar-refractivity contribution is 0.127. The van der Waals surface area contributed by atoms with E-state index in [0.717, 1.165) is 29.4 Å². The summed E-state index contributed by atoms with van der Waals surface area (Å²) in [4.78, 5) is 4.42. The zero-order valence-electron chi connectivity index (χ0n) is 12.0. The second-order valence-electron chi connectivity index (χ2n) is 5.25. The summed E-state index contributed by atoms with van der Waals surface area (Å²) in [5.74, 6) is 0. The lowest BCUT2D eigenvalue weighted by Gasteiger charge is -2.30. The minimum Gasteiger partial charge on any atom is -0.396 e. The van der Waals surface area contributed by atoms with Crippen LogP contribution < -0.4 is 5.32 Å². The van der Waals surface area contributed by atoms with E-state index in [1.807, 2.05) is 24.3 Å². The number of rotatable bonds is 6. The summed E-state index contributed by atoms with van der Waals surface area (Å²) >= 11 is 6.16. The molecule has 0 amide bonds. The molecule has 0 bridgehead atoms. The maximum atomic E-state index is 9.64. The Balaban J connectivity index is 2.30. The molecule has 3 nitrogen and oxygen atoms in total. The molecule has 20 heavy (non-hydrogen) atoms. The van der Waals surface area contributed by atoms with Crippen molar-refractivity contribution < 1.29 is 5.11 Å². The van der Waals surface area contributed by atoms with Crippen molar-refractivity contribution in [3.8, 4) is 0 Å². The van der Waals surface area contributed by atoms with Gasteiger partial charge in [-0.3, -0.25) is 4.98 Å². The molecule has 0 unspecified atom stereocenters. The van der Waals surface area contributed by atoms with Crippen LogP contribution in [0.1, 0.15) is 26.7 Å². The third-order valence-electron chi connectivity index (χ3n) is 4.16. The molecule has 0 saturated carbocycles. The van der Waals surface area contributed by atoms with Crippen molar-refractivity contribution in [3.63, 3.8) is 0 Å². The Morgan fingerprint density at radius 2 is 2.05 bits per heavy atom. The van der Waals surface area contributed by atoms with Crippen LogP contribution >= 0.6 is 11.6 Å². The molecule has 0 atom stereocenters. The lowest BCUT2D eigenvalue weighted by atomic mass is 9.83. The summed E-state index contributed by atoms with van der Waals surface area (Å²) in [5.41, 5.74) is 1.74. The molecule has 1 aromatic heterocycles. The number of nitrogens with one attached hydrogen (secondary N) is 1. The summed E-state index contributed by atoms with van der Waals surface area (Å²) in [5, 5.41) is 14.8. The highest BCUT2D eigenvalue weighted by molar-refractivity contribution is 6.31. The fourth-order valence-electron chi connectivity index (χ4n) is 2.35. The lowest BCUT2D eigenvalue weighted by Crippen LogP contribution is -2.32. The summed E-state index contributed by atoms with van der Waals surface area (Å²) in [6.07, 6.45) is 3.64. The Kier molecular flexibility index (Phi) is 4.84. The molecule has 0 radical (unpaired) electrons. The van der Waals surface area contributed by atoms with Crippen LogP contribution in [-0.4, -0.2) is 23.2 Å². The van der Waals surface area contributed by atoms with Gasteiger partial charge in [0.05, 0.1) is 17.8 Å². The van der Waals surface area contributed by atoms with Crippen LogP contribution in [0.4, 0.5) is 5.69 Å². The van der Waals surface area contributed by atoms with Crippen LogP contribution in [0.3, 0.4) is 0 Å². The van der Waals surface area contributed by atoms with E-state index in [0.29, 0.717) is 11.6 Å². The quantitative estimate of drug-likeness (QED) is 0.842. The number of pyridine rings is 1. The predicted molar refractivity (Wildman–Crippen MR) is 85.3 cm³/mol. The molecule has 4 heteroatoms. The largest absolute Gasteiger partial charge is 0.396 e. The van der Waals surface area contributed by atoms with E-state index in [1.165, 1.54) is 0 Å². The first-order chi connectivity index (χ1) is 9.64. The van der Waals surface area contributed by atoms with Crippen LogP contribution in [0.15, 0.2) is 30.5 Å². The molecule has 0 aliphatic carbocycles. The van der Waals surface area contributed by atoms with Gasteiger partial charge < -0.3 is 10.4 Å². The van der Waals surface area contributed by atoms with Crippen molar-refractivity contribution in [2.75, 3.05) is 18.5 Å². The average molecular weight is 293 g/mol. The number of fused-ring (bicyclic) bond motifs is 1. The highest BCUT2D eigenvalue weighted by Gasteiger charge is 2.25. The van der Waals surface area contributed by atoms with Gasteiger partial charge in [-0.1, -0.05) is 31.5 Å². The van der Waals surface area contributed by atoms with Gasteiger partial charge in [0.1, 0.15) is 0 Å². The first-order valence-corrected chi connectivity index (χ1v) is 7.41. The summed E-state index contributed by atoms with van der Waals surface area (Å²) in [7, 11) is 0. The zero-order valence-corrected chi connectivity index (χ0v) is 12.7. The number of nitrogens with zero attached hydrogens (tertiary/aromatic N) is 1. The van der Waals surface area contributed by atoms with Crippen molar-refractivity contribution in [1.29, 1.82) is 0 Å². The summed E-state index contributed by atoms with van der Waals surface area (Å²) < 4.78 is 0. The zero-order chi connectivity index (χ0) is 14.6. The Morgan fingerprint density at radius 1 is 1.30 bits per heavy atom. The molecule has 2 N–H and O–H groups in total. The maximum absolute atomic E-state index is 9.64. The van der Waals surface area contributed by atoms with Crippen molar-refractivity contribution in [1.82, 2.24) is 4.98 Å². The highest BCUT2D eigenvalue weighted by atomic mass is 35.5. The minimum absolute atomic E-state index is 0.0938. The van der Waals surface area contributed by atoms with Crippen LogP contribution in [0.5, 0.6) is 0 Å². The van der Waals surface area contributed by atoms with E-state index in [-0.39, 0.29) is 12.0 Å². The third-order valence-corrected chi connectivity index (χ3v) is 4.38. The predicted octanol–water partition coefficient (Wildman–Crippen LogP) is 4.10. The number of hydrogen-bond donors (Lipinski definition) is 2. The SMILES string of the molecule is CCC(CC)(CO)CNc1cc(Cl)cc2cccnc12. The van der Waals surface area contributed by atoms with Gasteiger partial charge in [-0.15, -0.1) is 0 Å². The van der Waals surface area contributed by atoms with E-state index < -0.39 is 0 Å². The van der Waals surface area contributed by atoms with Gasteiger partial charge in [0.2, 0.25) is 0 Å². The number of halogens is 1. The van der Waals surface area contributed by atoms with Crippen molar-refractivity contribution in [3.05, 3.63) is 35.5 Å². The standard InChI is InChI=1S/C16H21ClN2O/c1-3-16(4-2,11-20)10-19-14-9-13(17)8-12-6-5-7-18-15(12)14/h5-9,19-20H,3-4,10-11H2,1-2H3. The molecule has 0 aliphatic heterocycles. The Labute approximate surface area is 125 Å². The van der Waals surface area contributed by atoms with Gasteiger partial charge in [0.15, 0.2) is 0 Å². The van der Waals surface area contributed by atoms with E-state index in [1.54, 1.807) is 6.20 Å². The van der Waals surface area contributed by atoms with Crippen LogP contribution in [0.2, 0.25) is 5.02 Å². The second-order valence-corrected chi connectivity index (χ2v) is 5.68. The van der Waals surface area contributed by atoms with Crippen LogP contribution in [-0.2, 0) is 0 Å². The molecule has 108 valence electrons. The molecule has 0 aliphatic rings. The smallest absolute Gasteiger partial charge is 0.0934 e. The number of aliphatic hydroxyl groups excluding tert-OH is 1. The number of aromatic nitrogens is 1. The monoisotopic (exact) mass is 292 g/mol. The number of aliphatic hydroxyl groups is 1. The molecule has 1 aromatic carbocycles. The normalized spacial score (nSPS) is 11.8. The van der Waals surface area contributed by atoms with E-state index in [2.05, 4.69) is 24.1 Å². The van der Waals surface area contributed by atoms with Crippen molar-refractivity contribution in [2.45, 2.75) is 26.7 Å².